The Labute approximate surface area is 295 Å². The minimum atomic E-state index is -0.202. The molecule has 0 saturated carbocycles. The van der Waals surface area contributed by atoms with Crippen molar-refractivity contribution < 1.29 is 4.74 Å². The van der Waals surface area contributed by atoms with E-state index in [0.717, 1.165) is 22.8 Å². The lowest BCUT2D eigenvalue weighted by atomic mass is 9.76. The van der Waals surface area contributed by atoms with Crippen molar-refractivity contribution in [3.05, 3.63) is 184 Å². The number of anilines is 3. The van der Waals surface area contributed by atoms with Crippen molar-refractivity contribution in [2.45, 2.75) is 31.0 Å². The normalized spacial score (nSPS) is 23.7. The Morgan fingerprint density at radius 1 is 0.760 bits per heavy atom. The number of hydrogen-bond donors (Lipinski definition) is 1. The van der Waals surface area contributed by atoms with Gasteiger partial charge in [-0.1, -0.05) is 122 Å². The monoisotopic (exact) mass is 663 g/mol. The zero-order valence-corrected chi connectivity index (χ0v) is 28.3. The van der Waals surface area contributed by atoms with Gasteiger partial charge in [-0.05, 0) is 58.5 Å². The molecule has 5 aliphatic rings. The molecule has 0 fully saturated rings. The molecule has 4 heterocycles. The van der Waals surface area contributed by atoms with Crippen LogP contribution in [0.5, 0.6) is 5.75 Å². The van der Waals surface area contributed by atoms with E-state index in [1.54, 1.807) is 0 Å². The molecule has 0 spiro atoms. The number of ether oxygens (including phenoxy) is 1. The van der Waals surface area contributed by atoms with Crippen molar-refractivity contribution in [2.24, 2.45) is 10.9 Å². The Balaban J connectivity index is 1.03. The summed E-state index contributed by atoms with van der Waals surface area (Å²) in [6.45, 7) is 2.36. The summed E-state index contributed by atoms with van der Waals surface area (Å²) in [7, 11) is 0. The van der Waals surface area contributed by atoms with E-state index in [1.807, 2.05) is 11.3 Å². The van der Waals surface area contributed by atoms with E-state index in [0.29, 0.717) is 0 Å². The fraction of sp³-hybridized carbons (Fsp3) is 0.133. The number of benzene rings is 5. The molecule has 0 saturated heterocycles. The predicted molar refractivity (Wildman–Crippen MR) is 206 cm³/mol. The fourth-order valence-electron chi connectivity index (χ4n) is 9.08. The third kappa shape index (κ3) is 3.95. The highest BCUT2D eigenvalue weighted by Gasteiger charge is 2.46. The second-order valence-electron chi connectivity index (χ2n) is 13.9. The first-order chi connectivity index (χ1) is 24.7. The minimum absolute atomic E-state index is 0.0691. The molecule has 11 rings (SSSR count). The highest BCUT2D eigenvalue weighted by Crippen LogP contribution is 2.60. The number of fused-ring (bicyclic) bond motifs is 11. The summed E-state index contributed by atoms with van der Waals surface area (Å²) in [4.78, 5) is 9.31. The molecule has 3 aliphatic heterocycles. The topological polar surface area (TPSA) is 36.9 Å². The number of thiophene rings is 1. The lowest BCUT2D eigenvalue weighted by Gasteiger charge is -2.36. The third-order valence-electron chi connectivity index (χ3n) is 11.3. The Morgan fingerprint density at radius 3 is 2.46 bits per heavy atom. The van der Waals surface area contributed by atoms with Crippen molar-refractivity contribution in [1.29, 1.82) is 0 Å². The molecule has 4 nitrogen and oxygen atoms in total. The largest absolute Gasteiger partial charge is 0.461 e. The van der Waals surface area contributed by atoms with Crippen molar-refractivity contribution >= 4 is 50.3 Å². The molecule has 240 valence electrons. The molecular formula is C45H33N3OS. The van der Waals surface area contributed by atoms with E-state index in [2.05, 4.69) is 163 Å². The molecule has 1 aromatic heterocycles. The molecular weight excluding hydrogens is 631 g/mol. The number of rotatable bonds is 3. The summed E-state index contributed by atoms with van der Waals surface area (Å²) in [5.41, 5.74) is 12.5. The van der Waals surface area contributed by atoms with Crippen LogP contribution in [0.3, 0.4) is 0 Å². The Bertz CT molecular complexity index is 2510. The van der Waals surface area contributed by atoms with Gasteiger partial charge in [-0.15, -0.1) is 11.3 Å². The van der Waals surface area contributed by atoms with Crippen LogP contribution in [0.4, 0.5) is 17.1 Å². The van der Waals surface area contributed by atoms with Crippen LogP contribution in [-0.2, 0) is 0 Å². The highest BCUT2D eigenvalue weighted by molar-refractivity contribution is 7.22. The molecule has 5 unspecified atom stereocenters. The van der Waals surface area contributed by atoms with Crippen LogP contribution >= 0.6 is 11.3 Å². The average Bonchev–Trinajstić information content (AvgIpc) is 3.85. The minimum Gasteiger partial charge on any atom is -0.461 e. The number of para-hydroxylation sites is 1. The van der Waals surface area contributed by atoms with Crippen molar-refractivity contribution in [1.82, 2.24) is 0 Å². The van der Waals surface area contributed by atoms with Gasteiger partial charge >= 0.3 is 0 Å². The highest BCUT2D eigenvalue weighted by atomic mass is 32.1. The van der Waals surface area contributed by atoms with E-state index in [9.17, 15) is 0 Å². The molecule has 50 heavy (non-hydrogen) atoms. The molecule has 1 N–H and O–H groups in total. The van der Waals surface area contributed by atoms with Crippen LogP contribution in [0.2, 0.25) is 0 Å². The van der Waals surface area contributed by atoms with Crippen LogP contribution in [0, 0.1) is 5.92 Å². The van der Waals surface area contributed by atoms with Gasteiger partial charge in [0.25, 0.3) is 0 Å². The zero-order chi connectivity index (χ0) is 32.9. The Kier molecular flexibility index (Phi) is 6.02. The first-order valence-electron chi connectivity index (χ1n) is 17.5. The molecule has 5 aromatic carbocycles. The first-order valence-corrected chi connectivity index (χ1v) is 18.3. The maximum Gasteiger partial charge on any atom is 0.142 e. The zero-order valence-electron chi connectivity index (χ0n) is 27.5. The lowest BCUT2D eigenvalue weighted by molar-refractivity contribution is 0.394. The summed E-state index contributed by atoms with van der Waals surface area (Å²) in [6, 6.07) is 44.0. The summed E-state index contributed by atoms with van der Waals surface area (Å²) in [5, 5.41) is 5.17. The molecule has 0 bridgehead atoms. The van der Waals surface area contributed by atoms with Crippen LogP contribution in [0.1, 0.15) is 57.5 Å². The SMILES string of the molecule is CC1C(C2N=C(c3ccccc3)c3sc4ccccc4c3N2)=CC=C2Oc3cccc(N4c5ccccc5C5C=Cc6ccccc6C54)c3C21. The van der Waals surface area contributed by atoms with E-state index in [-0.39, 0.29) is 30.0 Å². The molecule has 5 atom stereocenters. The average molecular weight is 664 g/mol. The van der Waals surface area contributed by atoms with Gasteiger partial charge in [-0.3, -0.25) is 4.99 Å². The van der Waals surface area contributed by atoms with Gasteiger partial charge in [-0.2, -0.15) is 0 Å². The van der Waals surface area contributed by atoms with Gasteiger partial charge in [0.15, 0.2) is 0 Å². The first kappa shape index (κ1) is 28.2. The smallest absolute Gasteiger partial charge is 0.142 e. The van der Waals surface area contributed by atoms with E-state index in [1.165, 1.54) is 59.9 Å². The van der Waals surface area contributed by atoms with Crippen molar-refractivity contribution in [2.75, 3.05) is 10.2 Å². The second kappa shape index (κ2) is 10.7. The number of aliphatic imine (C=N–C) groups is 1. The van der Waals surface area contributed by atoms with Crippen LogP contribution < -0.4 is 15.0 Å². The van der Waals surface area contributed by atoms with Crippen molar-refractivity contribution in [3.8, 4) is 5.75 Å². The maximum absolute atomic E-state index is 6.72. The van der Waals surface area contributed by atoms with Crippen LogP contribution in [-0.4, -0.2) is 11.9 Å². The van der Waals surface area contributed by atoms with Crippen LogP contribution in [0.25, 0.3) is 16.2 Å². The maximum atomic E-state index is 6.72. The van der Waals surface area contributed by atoms with Crippen LogP contribution in [0.15, 0.2) is 156 Å². The molecule has 5 heteroatoms. The van der Waals surface area contributed by atoms with Gasteiger partial charge in [0.05, 0.1) is 28.2 Å². The fourth-order valence-corrected chi connectivity index (χ4v) is 10.3. The van der Waals surface area contributed by atoms with Gasteiger partial charge < -0.3 is 15.0 Å². The van der Waals surface area contributed by atoms with Gasteiger partial charge in [0.1, 0.15) is 17.7 Å². The molecule has 0 amide bonds. The Morgan fingerprint density at radius 2 is 1.54 bits per heavy atom. The lowest BCUT2D eigenvalue weighted by Crippen LogP contribution is -2.32. The summed E-state index contributed by atoms with van der Waals surface area (Å²) >= 11 is 1.82. The number of hydrogen-bond acceptors (Lipinski definition) is 5. The number of allylic oxidation sites excluding steroid dienone is 3. The quantitative estimate of drug-likeness (QED) is 0.205. The van der Waals surface area contributed by atoms with E-state index >= 15 is 0 Å². The standard InChI is InChI=1S/C45H33N3OS/c1-26-29(45-46-41(28-13-3-2-4-14-28)44-42(47-45)33-17-8-10-21-38(33)50-44)24-25-37-39(26)40-35(19-11-20-36(40)49-37)48-34-18-9-7-16-31(34)32-23-22-27-12-5-6-15-30(27)43(32)48/h2-26,32,39,43,45,47H,1H3. The Hall–Kier alpha value is -5.65. The van der Waals surface area contributed by atoms with Gasteiger partial charge in [0, 0.05) is 38.5 Å². The predicted octanol–water partition coefficient (Wildman–Crippen LogP) is 11.1. The van der Waals surface area contributed by atoms with E-state index < -0.39 is 0 Å². The molecule has 6 aromatic rings. The summed E-state index contributed by atoms with van der Waals surface area (Å²) < 4.78 is 8.00. The summed E-state index contributed by atoms with van der Waals surface area (Å²) in [6.07, 6.45) is 8.96. The molecule has 2 aliphatic carbocycles. The van der Waals surface area contributed by atoms with E-state index in [4.69, 9.17) is 9.73 Å². The number of nitrogens with one attached hydrogen (secondary N) is 1. The van der Waals surface area contributed by atoms with Gasteiger partial charge in [-0.25, -0.2) is 0 Å². The summed E-state index contributed by atoms with van der Waals surface area (Å²) in [5.74, 6) is 2.47. The van der Waals surface area contributed by atoms with Crippen molar-refractivity contribution in [3.63, 3.8) is 0 Å². The molecule has 0 radical (unpaired) electrons. The number of nitrogens with zero attached hydrogens (tertiary/aromatic N) is 2. The van der Waals surface area contributed by atoms with Gasteiger partial charge in [0.2, 0.25) is 0 Å². The third-order valence-corrected chi connectivity index (χ3v) is 12.5. The second-order valence-corrected chi connectivity index (χ2v) is 14.9.